The molecule has 1 aliphatic heterocycles. The molecule has 0 saturated carbocycles. The summed E-state index contributed by atoms with van der Waals surface area (Å²) in [6.45, 7) is 2.26. The van der Waals surface area contributed by atoms with Crippen LogP contribution in [0.4, 0.5) is 5.69 Å². The van der Waals surface area contributed by atoms with Crippen molar-refractivity contribution >= 4 is 27.3 Å². The molecular weight excluding hydrogens is 420 g/mol. The van der Waals surface area contributed by atoms with Crippen molar-refractivity contribution in [2.24, 2.45) is 0 Å². The van der Waals surface area contributed by atoms with Crippen molar-refractivity contribution in [2.75, 3.05) is 45.3 Å². The topological polar surface area (TPSA) is 93.5 Å². The van der Waals surface area contributed by atoms with Crippen molar-refractivity contribution in [1.82, 2.24) is 13.7 Å². The average molecular weight is 445 g/mol. The van der Waals surface area contributed by atoms with Crippen molar-refractivity contribution in [3.8, 4) is 0 Å². The van der Waals surface area contributed by atoms with Crippen molar-refractivity contribution in [1.29, 1.82) is 0 Å². The summed E-state index contributed by atoms with van der Waals surface area (Å²) < 4.78 is 39.1. The Labute approximate surface area is 180 Å². The summed E-state index contributed by atoms with van der Waals surface area (Å²) in [6.07, 6.45) is 3.65. The number of hydrogen-bond donors (Lipinski definition) is 0. The van der Waals surface area contributed by atoms with E-state index in [1.165, 1.54) is 26.2 Å². The first-order valence-electron chi connectivity index (χ1n) is 9.85. The van der Waals surface area contributed by atoms with Crippen molar-refractivity contribution < 1.29 is 22.7 Å². The quantitative estimate of drug-likeness (QED) is 0.535. The lowest BCUT2D eigenvalue weighted by atomic mass is 10.1. The van der Waals surface area contributed by atoms with Crippen LogP contribution in [-0.2, 0) is 26.1 Å². The highest BCUT2D eigenvalue weighted by Gasteiger charge is 2.25. The van der Waals surface area contributed by atoms with Crippen molar-refractivity contribution in [3.63, 3.8) is 0 Å². The number of benzene rings is 1. The number of imidazole rings is 1. The largest absolute Gasteiger partial charge is 0.455 e. The summed E-state index contributed by atoms with van der Waals surface area (Å²) >= 11 is 0. The van der Waals surface area contributed by atoms with Gasteiger partial charge in [-0.25, -0.2) is 22.5 Å². The van der Waals surface area contributed by atoms with Gasteiger partial charge in [0.2, 0.25) is 10.0 Å². The lowest BCUT2D eigenvalue weighted by Gasteiger charge is -2.30. The number of sulfonamides is 1. The maximum absolute atomic E-state index is 13.0. The zero-order valence-electron chi connectivity index (χ0n) is 17.4. The number of anilines is 1. The van der Waals surface area contributed by atoms with Crippen LogP contribution >= 0.6 is 0 Å². The van der Waals surface area contributed by atoms with Gasteiger partial charge in [0.05, 0.1) is 35.1 Å². The fourth-order valence-corrected chi connectivity index (χ4v) is 4.33. The molecule has 0 amide bonds. The van der Waals surface area contributed by atoms with Gasteiger partial charge in [-0.15, -0.1) is 0 Å². The van der Waals surface area contributed by atoms with E-state index in [2.05, 4.69) is 4.98 Å². The molecule has 0 unspecified atom stereocenters. The first kappa shape index (κ1) is 21.3. The number of carbonyl (C=O) groups is 1. The van der Waals surface area contributed by atoms with Crippen molar-refractivity contribution in [3.05, 3.63) is 60.0 Å². The zero-order valence-corrected chi connectivity index (χ0v) is 18.2. The maximum atomic E-state index is 13.0. The molecule has 2 aromatic heterocycles. The van der Waals surface area contributed by atoms with Gasteiger partial charge < -0.3 is 18.8 Å². The second-order valence-electron chi connectivity index (χ2n) is 7.34. The van der Waals surface area contributed by atoms with Gasteiger partial charge >= 0.3 is 5.97 Å². The molecular formula is C21H24N4O5S. The predicted octanol–water partition coefficient (Wildman–Crippen LogP) is 1.78. The number of rotatable bonds is 6. The Morgan fingerprint density at radius 1 is 1.19 bits per heavy atom. The molecule has 164 valence electrons. The van der Waals surface area contributed by atoms with E-state index < -0.39 is 16.0 Å². The van der Waals surface area contributed by atoms with E-state index >= 15 is 0 Å². The van der Waals surface area contributed by atoms with Gasteiger partial charge in [-0.2, -0.15) is 0 Å². The SMILES string of the molecule is CN(C)S(=O)(=O)c1ccc(N2CCOCC2)c(C(=O)OCc2cn3ccccc3n2)c1. The van der Waals surface area contributed by atoms with Crippen LogP contribution in [0.1, 0.15) is 16.1 Å². The van der Waals surface area contributed by atoms with Crippen LogP contribution in [-0.4, -0.2) is 68.5 Å². The summed E-state index contributed by atoms with van der Waals surface area (Å²) in [4.78, 5) is 19.5. The summed E-state index contributed by atoms with van der Waals surface area (Å²) in [6, 6.07) is 10.2. The first-order valence-corrected chi connectivity index (χ1v) is 11.3. The highest BCUT2D eigenvalue weighted by Crippen LogP contribution is 2.27. The van der Waals surface area contributed by atoms with Crippen LogP contribution in [0.15, 0.2) is 53.7 Å². The van der Waals surface area contributed by atoms with Crippen LogP contribution in [0, 0.1) is 0 Å². The predicted molar refractivity (Wildman–Crippen MR) is 115 cm³/mol. The van der Waals surface area contributed by atoms with Crippen molar-refractivity contribution in [2.45, 2.75) is 11.5 Å². The van der Waals surface area contributed by atoms with Gasteiger partial charge in [-0.1, -0.05) is 6.07 Å². The number of carbonyl (C=O) groups excluding carboxylic acids is 1. The second-order valence-corrected chi connectivity index (χ2v) is 9.49. The van der Waals surface area contributed by atoms with E-state index in [9.17, 15) is 13.2 Å². The lowest BCUT2D eigenvalue weighted by molar-refractivity contribution is 0.0468. The number of morpholine rings is 1. The molecule has 1 aliphatic rings. The lowest BCUT2D eigenvalue weighted by Crippen LogP contribution is -2.37. The molecule has 31 heavy (non-hydrogen) atoms. The molecule has 9 nitrogen and oxygen atoms in total. The molecule has 4 rings (SSSR count). The second kappa shape index (κ2) is 8.66. The maximum Gasteiger partial charge on any atom is 0.340 e. The van der Waals surface area contributed by atoms with E-state index in [4.69, 9.17) is 9.47 Å². The molecule has 3 aromatic rings. The molecule has 1 fully saturated rings. The Kier molecular flexibility index (Phi) is 5.94. The summed E-state index contributed by atoms with van der Waals surface area (Å²) in [5.74, 6) is -0.602. The van der Waals surface area contributed by atoms with Gasteiger partial charge in [-0.05, 0) is 30.3 Å². The molecule has 0 bridgehead atoms. The first-order chi connectivity index (χ1) is 14.9. The van der Waals surface area contributed by atoms with Crippen LogP contribution in [0.25, 0.3) is 5.65 Å². The van der Waals surface area contributed by atoms with E-state index in [0.29, 0.717) is 37.7 Å². The monoisotopic (exact) mass is 444 g/mol. The molecule has 0 aliphatic carbocycles. The van der Waals surface area contributed by atoms with Gasteiger partial charge in [0.15, 0.2) is 0 Å². The molecule has 0 radical (unpaired) electrons. The third-order valence-electron chi connectivity index (χ3n) is 5.08. The van der Waals surface area contributed by atoms with E-state index in [1.807, 2.05) is 33.7 Å². The minimum Gasteiger partial charge on any atom is -0.455 e. The number of esters is 1. The zero-order chi connectivity index (χ0) is 22.0. The molecule has 3 heterocycles. The normalized spacial score (nSPS) is 14.9. The number of ether oxygens (including phenoxy) is 2. The summed E-state index contributed by atoms with van der Waals surface area (Å²) in [5.41, 5.74) is 2.18. The summed E-state index contributed by atoms with van der Waals surface area (Å²) in [5, 5.41) is 0. The van der Waals surface area contributed by atoms with Crippen LogP contribution in [0.2, 0.25) is 0 Å². The van der Waals surface area contributed by atoms with E-state index in [1.54, 1.807) is 12.3 Å². The average Bonchev–Trinajstić information content (AvgIpc) is 3.20. The third kappa shape index (κ3) is 4.41. The van der Waals surface area contributed by atoms with Crippen LogP contribution in [0.3, 0.4) is 0 Å². The van der Waals surface area contributed by atoms with Crippen LogP contribution < -0.4 is 4.90 Å². The molecule has 0 N–H and O–H groups in total. The Bertz CT molecular complexity index is 1170. The minimum absolute atomic E-state index is 0.0201. The molecule has 1 aromatic carbocycles. The molecule has 0 atom stereocenters. The van der Waals surface area contributed by atoms with E-state index in [0.717, 1.165) is 9.95 Å². The number of aromatic nitrogens is 2. The Morgan fingerprint density at radius 3 is 2.68 bits per heavy atom. The minimum atomic E-state index is -3.70. The third-order valence-corrected chi connectivity index (χ3v) is 6.89. The molecule has 1 saturated heterocycles. The number of pyridine rings is 1. The van der Waals surface area contributed by atoms with E-state index in [-0.39, 0.29) is 17.1 Å². The van der Waals surface area contributed by atoms with Gasteiger partial charge in [0.25, 0.3) is 0 Å². The van der Waals surface area contributed by atoms with Gasteiger partial charge in [0.1, 0.15) is 12.3 Å². The molecule has 10 heteroatoms. The number of hydrogen-bond acceptors (Lipinski definition) is 7. The van der Waals surface area contributed by atoms with Crippen LogP contribution in [0.5, 0.6) is 0 Å². The van der Waals surface area contributed by atoms with Gasteiger partial charge in [0, 0.05) is 39.6 Å². The van der Waals surface area contributed by atoms with Gasteiger partial charge in [-0.3, -0.25) is 0 Å². The highest BCUT2D eigenvalue weighted by molar-refractivity contribution is 7.89. The fraction of sp³-hybridized carbons (Fsp3) is 0.333. The standard InChI is InChI=1S/C21H24N4O5S/c1-23(2)31(27,28)17-6-7-19(24-9-11-29-12-10-24)18(13-17)21(26)30-15-16-14-25-8-4-3-5-20(25)22-16/h3-8,13-14H,9-12,15H2,1-2H3. The fourth-order valence-electron chi connectivity index (χ4n) is 3.40. The Balaban J connectivity index is 1.63. The Morgan fingerprint density at radius 2 is 1.97 bits per heavy atom. The Hall–Kier alpha value is -2.95. The smallest absolute Gasteiger partial charge is 0.340 e. The molecule has 0 spiro atoms. The number of nitrogens with zero attached hydrogens (tertiary/aromatic N) is 4. The number of fused-ring (bicyclic) bond motifs is 1. The summed E-state index contributed by atoms with van der Waals surface area (Å²) in [7, 11) is -0.796. The highest BCUT2D eigenvalue weighted by atomic mass is 32.2.